The van der Waals surface area contributed by atoms with Crippen LogP contribution in [0.4, 0.5) is 4.39 Å². The molecule has 0 spiro atoms. The van der Waals surface area contributed by atoms with E-state index >= 15 is 0 Å². The molecule has 2 heterocycles. The number of furan rings is 1. The Balaban J connectivity index is 1.68. The predicted molar refractivity (Wildman–Crippen MR) is 96.2 cm³/mol. The maximum Gasteiger partial charge on any atom is 0.278 e. The monoisotopic (exact) mass is 359 g/mol. The fourth-order valence-electron chi connectivity index (χ4n) is 2.97. The minimum atomic E-state index is -2.28. The second-order valence-corrected chi connectivity index (χ2v) is 6.34. The van der Waals surface area contributed by atoms with Gasteiger partial charge >= 0.3 is 0 Å². The zero-order chi connectivity index (χ0) is 19.0. The van der Waals surface area contributed by atoms with Crippen LogP contribution in [0.3, 0.4) is 0 Å². The van der Waals surface area contributed by atoms with Gasteiger partial charge in [-0.1, -0.05) is 29.8 Å². The number of hydrogen-bond acceptors (Lipinski definition) is 3. The number of pyridine rings is 1. The summed E-state index contributed by atoms with van der Waals surface area (Å²) in [5.41, 5.74) is 2.01. The van der Waals surface area contributed by atoms with Crippen LogP contribution in [-0.2, 0) is 6.56 Å². The fraction of sp³-hybridized carbons (Fsp3) is 0.250. The van der Waals surface area contributed by atoms with Crippen molar-refractivity contribution in [3.63, 3.8) is 0 Å². The molecule has 1 aliphatic carbocycles. The molecule has 3 nitrogen and oxygen atoms in total. The Morgan fingerprint density at radius 3 is 3.04 bits per heavy atom. The number of fused-ring (bicyclic) bond motifs is 1. The number of benzene rings is 1. The Morgan fingerprint density at radius 1 is 1.28 bits per heavy atom. The molecule has 0 saturated heterocycles. The highest BCUT2D eigenvalue weighted by Gasteiger charge is 2.13. The molecule has 1 aromatic carbocycles. The maximum absolute atomic E-state index is 13.5. The van der Waals surface area contributed by atoms with E-state index in [0.29, 0.717) is 5.39 Å². The average Bonchev–Trinajstić information content (AvgIpc) is 3.04. The summed E-state index contributed by atoms with van der Waals surface area (Å²) in [5.74, 6) is 0.152. The van der Waals surface area contributed by atoms with Crippen LogP contribution in [0.5, 0.6) is 5.88 Å². The van der Waals surface area contributed by atoms with Crippen molar-refractivity contribution >= 4 is 28.1 Å². The van der Waals surface area contributed by atoms with Crippen LogP contribution in [0.15, 0.2) is 46.9 Å². The molecular weight excluding hydrogens is 341 g/mol. The molecule has 1 aliphatic rings. The van der Waals surface area contributed by atoms with Crippen molar-refractivity contribution < 1.29 is 16.3 Å². The van der Waals surface area contributed by atoms with Crippen LogP contribution >= 0.6 is 11.6 Å². The van der Waals surface area contributed by atoms with Crippen molar-refractivity contribution in [2.75, 3.05) is 0 Å². The molecule has 0 atom stereocenters. The van der Waals surface area contributed by atoms with E-state index in [9.17, 15) is 4.39 Å². The lowest BCUT2D eigenvalue weighted by atomic mass is 9.97. The van der Waals surface area contributed by atoms with Gasteiger partial charge in [-0.3, -0.25) is 0 Å². The second-order valence-electron chi connectivity index (χ2n) is 5.93. The summed E-state index contributed by atoms with van der Waals surface area (Å²) in [5, 5.41) is 0.578. The van der Waals surface area contributed by atoms with E-state index in [2.05, 4.69) is 11.1 Å². The first-order valence-corrected chi connectivity index (χ1v) is 8.55. The molecule has 0 unspecified atom stereocenters. The molecule has 0 bridgehead atoms. The van der Waals surface area contributed by atoms with Gasteiger partial charge in [0.1, 0.15) is 12.1 Å². The number of halogens is 2. The normalized spacial score (nSPS) is 16.3. The lowest BCUT2D eigenvalue weighted by Gasteiger charge is -2.13. The highest BCUT2D eigenvalue weighted by Crippen LogP contribution is 2.30. The topological polar surface area (TPSA) is 35.3 Å². The molecule has 4 rings (SSSR count). The standard InChI is InChI=1S/C20H17ClFNO2/c21-16-10-9-14(20-15(16)11-18(22)25-20)12-24-19-8-4-7-17(23-19)13-5-2-1-3-6-13/h4-5,7-11H,1-3,6,12H2/i12D2. The SMILES string of the molecule is [2H]C([2H])(Oc1cccc(C2=CCCCC2)n1)c1ccc(Cl)c2cc(F)oc12. The summed E-state index contributed by atoms with van der Waals surface area (Å²) >= 11 is 6.05. The van der Waals surface area contributed by atoms with Crippen LogP contribution in [0.25, 0.3) is 16.5 Å². The van der Waals surface area contributed by atoms with Crippen molar-refractivity contribution in [1.29, 1.82) is 0 Å². The molecule has 0 fully saturated rings. The van der Waals surface area contributed by atoms with E-state index in [4.69, 9.17) is 23.5 Å². The largest absolute Gasteiger partial charge is 0.473 e. The van der Waals surface area contributed by atoms with E-state index in [1.54, 1.807) is 12.1 Å². The van der Waals surface area contributed by atoms with Crippen molar-refractivity contribution in [2.45, 2.75) is 32.2 Å². The van der Waals surface area contributed by atoms with E-state index in [1.165, 1.54) is 18.6 Å². The zero-order valence-electron chi connectivity index (χ0n) is 15.4. The summed E-state index contributed by atoms with van der Waals surface area (Å²) in [6.45, 7) is -2.28. The van der Waals surface area contributed by atoms with Crippen LogP contribution in [-0.4, -0.2) is 4.98 Å². The highest BCUT2D eigenvalue weighted by molar-refractivity contribution is 6.35. The third-order valence-electron chi connectivity index (χ3n) is 4.21. The van der Waals surface area contributed by atoms with Gasteiger partial charge in [0, 0.05) is 23.1 Å². The molecule has 0 saturated carbocycles. The fourth-order valence-corrected chi connectivity index (χ4v) is 3.17. The molecular formula is C20H17ClFNO2. The number of ether oxygens (including phenoxy) is 1. The van der Waals surface area contributed by atoms with Gasteiger partial charge < -0.3 is 9.15 Å². The van der Waals surface area contributed by atoms with Gasteiger partial charge in [-0.05, 0) is 43.4 Å². The van der Waals surface area contributed by atoms with Crippen LogP contribution < -0.4 is 4.74 Å². The molecule has 25 heavy (non-hydrogen) atoms. The van der Waals surface area contributed by atoms with E-state index in [1.807, 2.05) is 6.07 Å². The van der Waals surface area contributed by atoms with Gasteiger partial charge in [-0.15, -0.1) is 0 Å². The van der Waals surface area contributed by atoms with Crippen LogP contribution in [0, 0.1) is 6.01 Å². The Bertz CT molecular complexity index is 1030. The summed E-state index contributed by atoms with van der Waals surface area (Å²) in [7, 11) is 0. The molecule has 0 aliphatic heterocycles. The maximum atomic E-state index is 13.5. The van der Waals surface area contributed by atoms with Gasteiger partial charge in [0.25, 0.3) is 6.01 Å². The Morgan fingerprint density at radius 2 is 2.20 bits per heavy atom. The third-order valence-corrected chi connectivity index (χ3v) is 4.54. The molecule has 0 amide bonds. The van der Waals surface area contributed by atoms with Crippen molar-refractivity contribution in [2.24, 2.45) is 0 Å². The van der Waals surface area contributed by atoms with Gasteiger partial charge in [-0.25, -0.2) is 4.98 Å². The van der Waals surface area contributed by atoms with Crippen LogP contribution in [0.2, 0.25) is 5.02 Å². The number of allylic oxidation sites excluding steroid dienone is 2. The van der Waals surface area contributed by atoms with E-state index < -0.39 is 12.6 Å². The quantitative estimate of drug-likeness (QED) is 0.559. The second kappa shape index (κ2) is 6.89. The first-order valence-electron chi connectivity index (χ1n) is 9.17. The lowest BCUT2D eigenvalue weighted by Crippen LogP contribution is -2.00. The third kappa shape index (κ3) is 3.40. The van der Waals surface area contributed by atoms with Gasteiger partial charge in [0.05, 0.1) is 13.5 Å². The lowest BCUT2D eigenvalue weighted by molar-refractivity contribution is 0.291. The minimum Gasteiger partial charge on any atom is -0.473 e. The molecule has 3 aromatic rings. The molecule has 5 heteroatoms. The van der Waals surface area contributed by atoms with Crippen molar-refractivity contribution in [3.8, 4) is 5.88 Å². The first-order chi connectivity index (χ1) is 12.9. The number of hydrogen-bond donors (Lipinski definition) is 0. The van der Waals surface area contributed by atoms with Gasteiger partial charge in [0.15, 0.2) is 0 Å². The summed E-state index contributed by atoms with van der Waals surface area (Å²) in [6, 6.07) is 8.49. The molecule has 0 N–H and O–H groups in total. The molecule has 128 valence electrons. The summed E-state index contributed by atoms with van der Waals surface area (Å²) < 4.78 is 40.8. The Hall–Kier alpha value is -2.33. The Kier molecular flexibility index (Phi) is 3.83. The van der Waals surface area contributed by atoms with Gasteiger partial charge in [-0.2, -0.15) is 4.39 Å². The summed E-state index contributed by atoms with van der Waals surface area (Å²) in [4.78, 5) is 4.45. The number of nitrogens with zero attached hydrogens (tertiary/aromatic N) is 1. The minimum absolute atomic E-state index is 0.0242. The smallest absolute Gasteiger partial charge is 0.278 e. The van der Waals surface area contributed by atoms with Crippen molar-refractivity contribution in [1.82, 2.24) is 4.98 Å². The van der Waals surface area contributed by atoms with E-state index in [-0.39, 0.29) is 22.0 Å². The first kappa shape index (κ1) is 13.9. The van der Waals surface area contributed by atoms with E-state index in [0.717, 1.165) is 36.6 Å². The Labute approximate surface area is 152 Å². The van der Waals surface area contributed by atoms with Crippen molar-refractivity contribution in [3.05, 3.63) is 64.8 Å². The molecule has 2 aromatic heterocycles. The van der Waals surface area contributed by atoms with Gasteiger partial charge in [0.2, 0.25) is 5.88 Å². The summed E-state index contributed by atoms with van der Waals surface area (Å²) in [6.07, 6.45) is 6.43. The molecule has 0 radical (unpaired) electrons. The average molecular weight is 360 g/mol. The number of aromatic nitrogens is 1. The highest BCUT2D eigenvalue weighted by atomic mass is 35.5. The number of rotatable bonds is 4. The van der Waals surface area contributed by atoms with Crippen LogP contribution in [0.1, 0.15) is 39.7 Å². The predicted octanol–water partition coefficient (Wildman–Crippen LogP) is 6.16. The zero-order valence-corrected chi connectivity index (χ0v) is 14.1.